The molecule has 2 heterocycles. The first-order chi connectivity index (χ1) is 13.0. The summed E-state index contributed by atoms with van der Waals surface area (Å²) in [6, 6.07) is 0. The van der Waals surface area contributed by atoms with Gasteiger partial charge in [0.2, 0.25) is 0 Å². The van der Waals surface area contributed by atoms with Crippen LogP contribution in [0.15, 0.2) is 4.99 Å². The van der Waals surface area contributed by atoms with Gasteiger partial charge >= 0.3 is 0 Å². The number of aliphatic imine (C=N–C) groups is 1. The van der Waals surface area contributed by atoms with Crippen LogP contribution in [0.2, 0.25) is 0 Å². The molecule has 2 atom stereocenters. The van der Waals surface area contributed by atoms with Gasteiger partial charge in [0.25, 0.3) is 0 Å². The number of guanidine groups is 1. The predicted octanol–water partition coefficient (Wildman–Crippen LogP) is 3.65. The van der Waals surface area contributed by atoms with Crippen LogP contribution >= 0.6 is 0 Å². The first-order valence-electron chi connectivity index (χ1n) is 11.3. The van der Waals surface area contributed by atoms with E-state index < -0.39 is 0 Å². The second-order valence-corrected chi connectivity index (χ2v) is 9.40. The Bertz CT molecular complexity index is 427. The molecule has 0 amide bonds. The van der Waals surface area contributed by atoms with Gasteiger partial charge in [-0.1, -0.05) is 33.6 Å². The van der Waals surface area contributed by atoms with Crippen molar-refractivity contribution in [3.63, 3.8) is 0 Å². The Morgan fingerprint density at radius 1 is 1.04 bits per heavy atom. The zero-order chi connectivity index (χ0) is 19.5. The molecule has 5 nitrogen and oxygen atoms in total. The molecular formula is C22H44N4O. The van der Waals surface area contributed by atoms with Crippen LogP contribution in [0, 0.1) is 11.3 Å². The summed E-state index contributed by atoms with van der Waals surface area (Å²) in [5, 5.41) is 7.02. The third-order valence-corrected chi connectivity index (χ3v) is 5.95. The van der Waals surface area contributed by atoms with E-state index in [4.69, 9.17) is 4.74 Å². The molecule has 5 heteroatoms. The largest absolute Gasteiger partial charge is 0.377 e. The molecule has 2 aliphatic heterocycles. The zero-order valence-corrected chi connectivity index (χ0v) is 18.4. The van der Waals surface area contributed by atoms with Crippen LogP contribution in [0.5, 0.6) is 0 Å². The molecule has 158 valence electrons. The maximum absolute atomic E-state index is 6.09. The minimum Gasteiger partial charge on any atom is -0.377 e. The Balaban J connectivity index is 1.58. The smallest absolute Gasteiger partial charge is 0.190 e. The van der Waals surface area contributed by atoms with Crippen LogP contribution in [-0.4, -0.2) is 63.3 Å². The standard InChI is InChI=1S/C22H44N4O/c1-22(2,3)20-19(12-11-17-27-20)18-25-21(23-4)24-13-7-5-8-14-26-15-9-6-10-16-26/h19-20H,5-18H2,1-4H3,(H2,23,24,25). The van der Waals surface area contributed by atoms with Crippen LogP contribution in [0.3, 0.4) is 0 Å². The van der Waals surface area contributed by atoms with E-state index in [9.17, 15) is 0 Å². The van der Waals surface area contributed by atoms with Crippen molar-refractivity contribution in [3.05, 3.63) is 0 Å². The number of nitrogens with zero attached hydrogens (tertiary/aromatic N) is 2. The number of piperidine rings is 1. The van der Waals surface area contributed by atoms with E-state index in [2.05, 4.69) is 41.3 Å². The van der Waals surface area contributed by atoms with Crippen molar-refractivity contribution in [2.45, 2.75) is 78.2 Å². The van der Waals surface area contributed by atoms with E-state index in [1.807, 2.05) is 7.05 Å². The van der Waals surface area contributed by atoms with Crippen LogP contribution in [0.25, 0.3) is 0 Å². The van der Waals surface area contributed by atoms with Crippen LogP contribution < -0.4 is 10.6 Å². The molecule has 0 aromatic rings. The van der Waals surface area contributed by atoms with Crippen molar-refractivity contribution in [2.24, 2.45) is 16.3 Å². The normalized spacial score (nSPS) is 25.4. The average molecular weight is 381 g/mol. The van der Waals surface area contributed by atoms with E-state index >= 15 is 0 Å². The molecular weight excluding hydrogens is 336 g/mol. The van der Waals surface area contributed by atoms with Crippen molar-refractivity contribution >= 4 is 5.96 Å². The number of unbranched alkanes of at least 4 members (excludes halogenated alkanes) is 2. The average Bonchev–Trinajstić information content (AvgIpc) is 2.67. The van der Waals surface area contributed by atoms with E-state index in [1.165, 1.54) is 71.0 Å². The van der Waals surface area contributed by atoms with Gasteiger partial charge in [-0.2, -0.15) is 0 Å². The van der Waals surface area contributed by atoms with Crippen molar-refractivity contribution in [2.75, 3.05) is 46.4 Å². The molecule has 0 aromatic heterocycles. The minimum atomic E-state index is 0.193. The molecule has 0 saturated carbocycles. The van der Waals surface area contributed by atoms with Crippen molar-refractivity contribution in [1.29, 1.82) is 0 Å². The molecule has 0 aromatic carbocycles. The summed E-state index contributed by atoms with van der Waals surface area (Å²) >= 11 is 0. The lowest BCUT2D eigenvalue weighted by Gasteiger charge is -2.40. The van der Waals surface area contributed by atoms with Gasteiger partial charge in [-0.05, 0) is 63.6 Å². The third kappa shape index (κ3) is 8.39. The fourth-order valence-electron chi connectivity index (χ4n) is 4.48. The van der Waals surface area contributed by atoms with Crippen molar-refractivity contribution < 1.29 is 4.74 Å². The predicted molar refractivity (Wildman–Crippen MR) is 115 cm³/mol. The number of nitrogens with one attached hydrogen (secondary N) is 2. The number of ether oxygens (including phenoxy) is 1. The molecule has 0 spiro atoms. The fraction of sp³-hybridized carbons (Fsp3) is 0.955. The Morgan fingerprint density at radius 2 is 1.81 bits per heavy atom. The quantitative estimate of drug-likeness (QED) is 0.383. The second-order valence-electron chi connectivity index (χ2n) is 9.40. The van der Waals surface area contributed by atoms with E-state index in [0.717, 1.165) is 25.7 Å². The summed E-state index contributed by atoms with van der Waals surface area (Å²) in [5.41, 5.74) is 0.193. The molecule has 0 radical (unpaired) electrons. The summed E-state index contributed by atoms with van der Waals surface area (Å²) in [6.45, 7) is 13.6. The highest BCUT2D eigenvalue weighted by molar-refractivity contribution is 5.79. The molecule has 0 bridgehead atoms. The Hall–Kier alpha value is -0.810. The van der Waals surface area contributed by atoms with Gasteiger partial charge in [0.1, 0.15) is 0 Å². The summed E-state index contributed by atoms with van der Waals surface area (Å²) in [7, 11) is 1.87. The molecule has 0 aliphatic carbocycles. The second kappa shape index (κ2) is 11.9. The number of likely N-dealkylation sites (tertiary alicyclic amines) is 1. The molecule has 2 fully saturated rings. The van der Waals surface area contributed by atoms with Gasteiger partial charge in [-0.3, -0.25) is 4.99 Å². The van der Waals surface area contributed by atoms with Crippen molar-refractivity contribution in [3.8, 4) is 0 Å². The number of hydrogen-bond donors (Lipinski definition) is 2. The lowest BCUT2D eigenvalue weighted by molar-refractivity contribution is -0.0835. The zero-order valence-electron chi connectivity index (χ0n) is 18.4. The van der Waals surface area contributed by atoms with Gasteiger partial charge in [-0.15, -0.1) is 0 Å². The van der Waals surface area contributed by atoms with Gasteiger partial charge in [0, 0.05) is 32.7 Å². The van der Waals surface area contributed by atoms with E-state index in [0.29, 0.717) is 12.0 Å². The van der Waals surface area contributed by atoms with Crippen LogP contribution in [0.1, 0.15) is 72.1 Å². The highest BCUT2D eigenvalue weighted by Gasteiger charge is 2.35. The van der Waals surface area contributed by atoms with Gasteiger partial charge < -0.3 is 20.3 Å². The number of hydrogen-bond acceptors (Lipinski definition) is 3. The molecule has 2 rings (SSSR count). The lowest BCUT2D eigenvalue weighted by atomic mass is 9.78. The summed E-state index contributed by atoms with van der Waals surface area (Å²) in [6.07, 6.45) is 10.8. The Labute approximate surface area is 167 Å². The van der Waals surface area contributed by atoms with Gasteiger partial charge in [-0.25, -0.2) is 0 Å². The Kier molecular flexibility index (Phi) is 9.91. The molecule has 2 unspecified atom stereocenters. The highest BCUT2D eigenvalue weighted by Crippen LogP contribution is 2.33. The first-order valence-corrected chi connectivity index (χ1v) is 11.3. The molecule has 2 N–H and O–H groups in total. The maximum Gasteiger partial charge on any atom is 0.190 e. The van der Waals surface area contributed by atoms with Gasteiger partial charge in [0.05, 0.1) is 6.10 Å². The topological polar surface area (TPSA) is 48.9 Å². The Morgan fingerprint density at radius 3 is 2.52 bits per heavy atom. The summed E-state index contributed by atoms with van der Waals surface area (Å²) < 4.78 is 6.09. The van der Waals surface area contributed by atoms with Gasteiger partial charge in [0.15, 0.2) is 5.96 Å². The molecule has 2 aliphatic rings. The lowest BCUT2D eigenvalue weighted by Crippen LogP contribution is -2.47. The summed E-state index contributed by atoms with van der Waals surface area (Å²) in [5.74, 6) is 1.49. The van der Waals surface area contributed by atoms with E-state index in [-0.39, 0.29) is 5.41 Å². The monoisotopic (exact) mass is 380 g/mol. The van der Waals surface area contributed by atoms with Crippen LogP contribution in [0.4, 0.5) is 0 Å². The maximum atomic E-state index is 6.09. The minimum absolute atomic E-state index is 0.193. The SMILES string of the molecule is CN=C(NCCCCCN1CCCCC1)NCC1CCCOC1C(C)(C)C. The molecule has 27 heavy (non-hydrogen) atoms. The van der Waals surface area contributed by atoms with Crippen molar-refractivity contribution in [1.82, 2.24) is 15.5 Å². The number of rotatable bonds is 8. The molecule has 2 saturated heterocycles. The van der Waals surface area contributed by atoms with E-state index in [1.54, 1.807) is 0 Å². The highest BCUT2D eigenvalue weighted by atomic mass is 16.5. The van der Waals surface area contributed by atoms with Crippen LogP contribution in [-0.2, 0) is 4.74 Å². The first kappa shape index (κ1) is 22.5. The third-order valence-electron chi connectivity index (χ3n) is 5.95. The summed E-state index contributed by atoms with van der Waals surface area (Å²) in [4.78, 5) is 7.03. The fourth-order valence-corrected chi connectivity index (χ4v) is 4.48.